The molecule has 0 amide bonds. The van der Waals surface area contributed by atoms with E-state index >= 15 is 0 Å². The monoisotopic (exact) mass is 756 g/mol. The van der Waals surface area contributed by atoms with E-state index < -0.39 is 5.41 Å². The molecule has 0 aromatic heterocycles. The van der Waals surface area contributed by atoms with Gasteiger partial charge in [-0.05, 0) is 105 Å². The molecule has 5 aromatic carbocycles. The average Bonchev–Trinajstić information content (AvgIpc) is 3.93. The number of benzene rings is 5. The van der Waals surface area contributed by atoms with E-state index in [2.05, 4.69) is 169 Å². The van der Waals surface area contributed by atoms with Gasteiger partial charge in [-0.15, -0.1) is 0 Å². The molecular formula is C45H30Br2N2+2. The van der Waals surface area contributed by atoms with Crippen LogP contribution >= 0.6 is 31.9 Å². The maximum Gasteiger partial charge on any atom is 0.334 e. The summed E-state index contributed by atoms with van der Waals surface area (Å²) in [5.41, 5.74) is 16.6. The number of hydrogen-bond donors (Lipinski definition) is 0. The predicted octanol–water partition coefficient (Wildman–Crippen LogP) is 9.99. The quantitative estimate of drug-likeness (QED) is 0.151. The first-order valence-electron chi connectivity index (χ1n) is 16.6. The van der Waals surface area contributed by atoms with Crippen LogP contribution in [0, 0.1) is 0 Å². The number of rotatable bonds is 6. The predicted molar refractivity (Wildman–Crippen MR) is 214 cm³/mol. The first-order valence-corrected chi connectivity index (χ1v) is 18.1. The summed E-state index contributed by atoms with van der Waals surface area (Å²) in [7, 11) is 0. The Labute approximate surface area is 303 Å². The highest BCUT2D eigenvalue weighted by molar-refractivity contribution is 9.10. The smallest absolute Gasteiger partial charge is 0.0924 e. The van der Waals surface area contributed by atoms with E-state index in [0.717, 1.165) is 38.8 Å². The van der Waals surface area contributed by atoms with Crippen LogP contribution in [0.5, 0.6) is 0 Å². The van der Waals surface area contributed by atoms with Crippen molar-refractivity contribution in [2.75, 3.05) is 0 Å². The molecule has 4 heteroatoms. The van der Waals surface area contributed by atoms with Gasteiger partial charge in [-0.3, -0.25) is 0 Å². The van der Waals surface area contributed by atoms with Gasteiger partial charge in [0.05, 0.1) is 11.0 Å². The first-order chi connectivity index (χ1) is 24.1. The van der Waals surface area contributed by atoms with Crippen molar-refractivity contribution in [1.29, 1.82) is 0 Å². The van der Waals surface area contributed by atoms with Crippen LogP contribution in [0.4, 0.5) is 0 Å². The molecule has 2 aliphatic heterocycles. The van der Waals surface area contributed by atoms with Crippen molar-refractivity contribution in [3.05, 3.63) is 194 Å². The highest BCUT2D eigenvalue weighted by atomic mass is 79.9. The Hall–Kier alpha value is -5.08. The van der Waals surface area contributed by atoms with Gasteiger partial charge in [-0.2, -0.15) is 0 Å². The van der Waals surface area contributed by atoms with E-state index in [-0.39, 0.29) is 0 Å². The lowest BCUT2D eigenvalue weighted by Gasteiger charge is -2.34. The number of halogens is 2. The molecule has 232 valence electrons. The highest BCUT2D eigenvalue weighted by Crippen LogP contribution is 2.57. The second-order valence-corrected chi connectivity index (χ2v) is 14.6. The zero-order chi connectivity index (χ0) is 33.0. The minimum atomic E-state index is -0.500. The normalized spacial score (nSPS) is 16.3. The molecular weight excluding hydrogens is 728 g/mol. The van der Waals surface area contributed by atoms with Gasteiger partial charge in [0.15, 0.2) is 0 Å². The van der Waals surface area contributed by atoms with Crippen molar-refractivity contribution >= 4 is 61.3 Å². The summed E-state index contributed by atoms with van der Waals surface area (Å²) >= 11 is 7.67. The Kier molecular flexibility index (Phi) is 7.42. The molecule has 0 spiro atoms. The zero-order valence-corrected chi connectivity index (χ0v) is 29.7. The van der Waals surface area contributed by atoms with Crippen LogP contribution in [0.25, 0.3) is 27.8 Å². The summed E-state index contributed by atoms with van der Waals surface area (Å²) in [6.45, 7) is 0. The van der Waals surface area contributed by atoms with Gasteiger partial charge in [-0.25, -0.2) is 0 Å². The van der Waals surface area contributed by atoms with Gasteiger partial charge in [0.2, 0.25) is 0 Å². The maximum absolute atomic E-state index is 4.51. The fourth-order valence-electron chi connectivity index (χ4n) is 7.79. The molecule has 0 fully saturated rings. The molecule has 2 heterocycles. The Morgan fingerprint density at radius 2 is 0.939 bits per heavy atom. The van der Waals surface area contributed by atoms with Crippen molar-refractivity contribution in [2.45, 2.75) is 18.3 Å². The van der Waals surface area contributed by atoms with E-state index in [1.807, 2.05) is 30.7 Å². The summed E-state index contributed by atoms with van der Waals surface area (Å²) < 4.78 is 11.1. The molecule has 0 atom stereocenters. The number of fused-ring (bicyclic) bond motifs is 3. The topological polar surface area (TPSA) is 28.2 Å². The zero-order valence-electron chi connectivity index (χ0n) is 26.6. The summed E-state index contributed by atoms with van der Waals surface area (Å²) in [5.74, 6) is 0. The van der Waals surface area contributed by atoms with Crippen LogP contribution in [0.15, 0.2) is 160 Å². The fourth-order valence-corrected chi connectivity index (χ4v) is 8.51. The lowest BCUT2D eigenvalue weighted by atomic mass is 9.67. The standard InChI is InChI=1S/C45H30Br2N2/c46-37-21-23-39-40-24-22-38(47)28-42(40)45(41(39)27-37,35-17-13-31(14-18-35)29-5-9-33(10-6-29)43-3-1-25-48-43)36-19-15-32(16-20-36)30-7-11-34(12-8-30)44-4-2-26-49-44/h1-7,9-11,13-28H,8,12H2/q+2. The van der Waals surface area contributed by atoms with Gasteiger partial charge in [-0.1, -0.05) is 126 Å². The van der Waals surface area contributed by atoms with Crippen LogP contribution in [-0.2, 0) is 5.41 Å². The van der Waals surface area contributed by atoms with Crippen LogP contribution in [0.2, 0.25) is 0 Å². The highest BCUT2D eigenvalue weighted by Gasteiger charge is 2.46. The molecule has 2 aliphatic carbocycles. The van der Waals surface area contributed by atoms with Gasteiger partial charge in [0.1, 0.15) is 0 Å². The third kappa shape index (κ3) is 5.08. The molecule has 0 unspecified atom stereocenters. The maximum atomic E-state index is 4.51. The molecule has 9 rings (SSSR count). The molecule has 0 radical (unpaired) electrons. The van der Waals surface area contributed by atoms with Gasteiger partial charge < -0.3 is 0 Å². The molecule has 2 nitrogen and oxygen atoms in total. The van der Waals surface area contributed by atoms with Crippen molar-refractivity contribution in [1.82, 2.24) is 9.34 Å². The minimum Gasteiger partial charge on any atom is -0.0924 e. The molecule has 0 saturated heterocycles. The molecule has 49 heavy (non-hydrogen) atoms. The SMILES string of the molecule is Brc1ccc2c(c1)C(c1ccc(C3=CC=C(C4=[N+]=CC=C4)CC3)cc1)(c1ccc(-c3ccc(C4=[N+]=CC=C4)cc3)cc1)c1cc(Br)ccc1-2. The van der Waals surface area contributed by atoms with Crippen LogP contribution < -0.4 is 9.34 Å². The van der Waals surface area contributed by atoms with Crippen LogP contribution in [-0.4, -0.2) is 23.9 Å². The summed E-state index contributed by atoms with van der Waals surface area (Å²) in [6, 6.07) is 40.7. The third-order valence-electron chi connectivity index (χ3n) is 10.2. The van der Waals surface area contributed by atoms with Crippen molar-refractivity contribution in [3.8, 4) is 22.3 Å². The van der Waals surface area contributed by atoms with E-state index in [1.54, 1.807) is 0 Å². The Bertz CT molecular complexity index is 2390. The van der Waals surface area contributed by atoms with Crippen LogP contribution in [0.1, 0.15) is 46.2 Å². The summed E-state index contributed by atoms with van der Waals surface area (Å²) in [5, 5.41) is 0. The molecule has 5 aromatic rings. The summed E-state index contributed by atoms with van der Waals surface area (Å²) in [6.07, 6.45) is 18.3. The van der Waals surface area contributed by atoms with E-state index in [0.29, 0.717) is 0 Å². The minimum absolute atomic E-state index is 0.500. The van der Waals surface area contributed by atoms with Gasteiger partial charge in [0.25, 0.3) is 12.4 Å². The Morgan fingerprint density at radius 3 is 1.45 bits per heavy atom. The lowest BCUT2D eigenvalue weighted by Crippen LogP contribution is -2.28. The molecule has 0 N–H and O–H groups in total. The molecule has 0 bridgehead atoms. The fraction of sp³-hybridized carbons (Fsp3) is 0.0667. The number of allylic oxidation sites excluding steroid dienone is 8. The third-order valence-corrected chi connectivity index (χ3v) is 11.2. The van der Waals surface area contributed by atoms with E-state index in [9.17, 15) is 0 Å². The van der Waals surface area contributed by atoms with E-state index in [1.165, 1.54) is 61.2 Å². The summed E-state index contributed by atoms with van der Waals surface area (Å²) in [4.78, 5) is 0. The first kappa shape index (κ1) is 30.0. The lowest BCUT2D eigenvalue weighted by molar-refractivity contribution is 0.767. The Morgan fingerprint density at radius 1 is 0.469 bits per heavy atom. The van der Waals surface area contributed by atoms with Gasteiger partial charge >= 0.3 is 11.4 Å². The molecule has 0 saturated carbocycles. The van der Waals surface area contributed by atoms with Gasteiger partial charge in [0, 0.05) is 38.8 Å². The number of hydrogen-bond acceptors (Lipinski definition) is 0. The largest absolute Gasteiger partial charge is 0.334 e. The average molecular weight is 759 g/mol. The van der Waals surface area contributed by atoms with Crippen molar-refractivity contribution in [2.24, 2.45) is 0 Å². The van der Waals surface area contributed by atoms with Crippen LogP contribution in [0.3, 0.4) is 0 Å². The Balaban J connectivity index is 1.16. The second-order valence-electron chi connectivity index (χ2n) is 12.8. The number of nitrogens with zero attached hydrogens (tertiary/aromatic N) is 2. The second kappa shape index (κ2) is 12.1. The van der Waals surface area contributed by atoms with Crippen molar-refractivity contribution < 1.29 is 0 Å². The van der Waals surface area contributed by atoms with E-state index in [4.69, 9.17) is 0 Å². The van der Waals surface area contributed by atoms with Crippen molar-refractivity contribution in [3.63, 3.8) is 0 Å². The molecule has 4 aliphatic rings.